The molecule has 1 aromatic carbocycles. The highest BCUT2D eigenvalue weighted by Gasteiger charge is 2.11. The van der Waals surface area contributed by atoms with Gasteiger partial charge in [0.15, 0.2) is 0 Å². The maximum Gasteiger partial charge on any atom is 0.147 e. The largest absolute Gasteiger partial charge is 0.494 e. The summed E-state index contributed by atoms with van der Waals surface area (Å²) in [5.74, 6) is 2.12. The van der Waals surface area contributed by atoms with E-state index >= 15 is 0 Å². The summed E-state index contributed by atoms with van der Waals surface area (Å²) < 4.78 is 5.36. The van der Waals surface area contributed by atoms with E-state index in [-0.39, 0.29) is 0 Å². The standard InChI is InChI=1S/C13H17N3O/c1-8(2)13-15-10-5-9(7-14-3)6-11(17-4)12(10)16-13/h5-8H,1-4H3,(H,15,16). The van der Waals surface area contributed by atoms with Crippen molar-refractivity contribution >= 4 is 17.2 Å². The summed E-state index contributed by atoms with van der Waals surface area (Å²) in [7, 11) is 3.41. The lowest BCUT2D eigenvalue weighted by Crippen LogP contribution is -1.89. The van der Waals surface area contributed by atoms with E-state index in [2.05, 4.69) is 28.8 Å². The van der Waals surface area contributed by atoms with Crippen molar-refractivity contribution < 1.29 is 4.74 Å². The fourth-order valence-electron chi connectivity index (χ4n) is 1.78. The first-order chi connectivity index (χ1) is 8.15. The first kappa shape index (κ1) is 11.6. The number of ether oxygens (including phenoxy) is 1. The number of fused-ring (bicyclic) bond motifs is 1. The van der Waals surface area contributed by atoms with Crippen molar-refractivity contribution in [2.24, 2.45) is 4.99 Å². The predicted octanol–water partition coefficient (Wildman–Crippen LogP) is 2.74. The molecule has 0 saturated carbocycles. The molecular formula is C13H17N3O. The molecule has 90 valence electrons. The van der Waals surface area contributed by atoms with Gasteiger partial charge in [0.2, 0.25) is 0 Å². The van der Waals surface area contributed by atoms with Crippen LogP contribution < -0.4 is 4.74 Å². The topological polar surface area (TPSA) is 50.3 Å². The number of H-pyrrole nitrogens is 1. The van der Waals surface area contributed by atoms with Gasteiger partial charge in [-0.1, -0.05) is 13.8 Å². The minimum Gasteiger partial charge on any atom is -0.494 e. The van der Waals surface area contributed by atoms with E-state index in [0.29, 0.717) is 5.92 Å². The number of rotatable bonds is 3. The van der Waals surface area contributed by atoms with Gasteiger partial charge in [0, 0.05) is 19.2 Å². The minimum absolute atomic E-state index is 0.371. The Morgan fingerprint density at radius 2 is 2.18 bits per heavy atom. The Kier molecular flexibility index (Phi) is 3.13. The Balaban J connectivity index is 2.65. The van der Waals surface area contributed by atoms with Crippen molar-refractivity contribution in [3.63, 3.8) is 0 Å². The quantitative estimate of drug-likeness (QED) is 0.826. The molecule has 0 fully saturated rings. The normalized spacial score (nSPS) is 11.8. The van der Waals surface area contributed by atoms with Crippen LogP contribution in [0.25, 0.3) is 11.0 Å². The molecule has 0 spiro atoms. The fraction of sp³-hybridized carbons (Fsp3) is 0.385. The second-order valence-corrected chi connectivity index (χ2v) is 4.28. The number of methoxy groups -OCH3 is 1. The van der Waals surface area contributed by atoms with Gasteiger partial charge >= 0.3 is 0 Å². The van der Waals surface area contributed by atoms with E-state index in [9.17, 15) is 0 Å². The molecule has 0 bridgehead atoms. The van der Waals surface area contributed by atoms with Crippen LogP contribution in [0.4, 0.5) is 0 Å². The third kappa shape index (κ3) is 2.16. The van der Waals surface area contributed by atoms with Crippen LogP contribution in [0.5, 0.6) is 5.75 Å². The third-order valence-corrected chi connectivity index (χ3v) is 2.64. The van der Waals surface area contributed by atoms with Crippen molar-refractivity contribution in [3.05, 3.63) is 23.5 Å². The van der Waals surface area contributed by atoms with Crippen LogP contribution in [0.15, 0.2) is 17.1 Å². The number of nitrogens with one attached hydrogen (secondary N) is 1. The maximum atomic E-state index is 5.36. The zero-order chi connectivity index (χ0) is 12.4. The number of benzene rings is 1. The molecule has 0 amide bonds. The number of imidazole rings is 1. The molecule has 0 aliphatic carbocycles. The van der Waals surface area contributed by atoms with Crippen LogP contribution in [0.2, 0.25) is 0 Å². The molecule has 4 heteroatoms. The zero-order valence-electron chi connectivity index (χ0n) is 10.6. The van der Waals surface area contributed by atoms with Crippen LogP contribution in [-0.2, 0) is 0 Å². The van der Waals surface area contributed by atoms with Crippen molar-refractivity contribution in [2.45, 2.75) is 19.8 Å². The summed E-state index contributed by atoms with van der Waals surface area (Å²) in [5.41, 5.74) is 2.88. The molecule has 4 nitrogen and oxygen atoms in total. The van der Waals surface area contributed by atoms with Crippen molar-refractivity contribution in [2.75, 3.05) is 14.2 Å². The van der Waals surface area contributed by atoms with Gasteiger partial charge in [-0.15, -0.1) is 0 Å². The molecule has 17 heavy (non-hydrogen) atoms. The number of aromatic nitrogens is 2. The summed E-state index contributed by atoms with van der Waals surface area (Å²) >= 11 is 0. The van der Waals surface area contributed by atoms with Crippen LogP contribution in [0.1, 0.15) is 31.2 Å². The second-order valence-electron chi connectivity index (χ2n) is 4.28. The number of hydrogen-bond donors (Lipinski definition) is 1. The lowest BCUT2D eigenvalue weighted by atomic mass is 10.2. The molecule has 0 aliphatic heterocycles. The van der Waals surface area contributed by atoms with Crippen LogP contribution in [0.3, 0.4) is 0 Å². The molecule has 0 unspecified atom stereocenters. The van der Waals surface area contributed by atoms with Gasteiger partial charge in [0.05, 0.1) is 12.6 Å². The molecule has 0 radical (unpaired) electrons. The summed E-state index contributed by atoms with van der Waals surface area (Å²) in [6.07, 6.45) is 1.80. The smallest absolute Gasteiger partial charge is 0.147 e. The first-order valence-electron chi connectivity index (χ1n) is 5.65. The highest BCUT2D eigenvalue weighted by atomic mass is 16.5. The van der Waals surface area contributed by atoms with E-state index in [1.165, 1.54) is 0 Å². The molecule has 1 heterocycles. The van der Waals surface area contributed by atoms with Crippen LogP contribution in [0, 0.1) is 0 Å². The van der Waals surface area contributed by atoms with Gasteiger partial charge in [0.1, 0.15) is 17.1 Å². The Morgan fingerprint density at radius 3 is 2.76 bits per heavy atom. The SMILES string of the molecule is CN=Cc1cc(OC)c2nc(C(C)C)[nH]c2c1. The highest BCUT2D eigenvalue weighted by Crippen LogP contribution is 2.27. The Labute approximate surface area is 101 Å². The van der Waals surface area contributed by atoms with Gasteiger partial charge < -0.3 is 9.72 Å². The molecule has 0 saturated heterocycles. The molecule has 1 aromatic heterocycles. The molecule has 2 rings (SSSR count). The van der Waals surface area contributed by atoms with Gasteiger partial charge in [-0.25, -0.2) is 4.98 Å². The van der Waals surface area contributed by atoms with Crippen LogP contribution >= 0.6 is 0 Å². The van der Waals surface area contributed by atoms with Crippen molar-refractivity contribution in [3.8, 4) is 5.75 Å². The van der Waals surface area contributed by atoms with E-state index in [1.807, 2.05) is 12.1 Å². The molecule has 2 aromatic rings. The Morgan fingerprint density at radius 1 is 1.41 bits per heavy atom. The van der Waals surface area contributed by atoms with E-state index in [1.54, 1.807) is 20.4 Å². The number of aliphatic imine (C=N–C) groups is 1. The monoisotopic (exact) mass is 231 g/mol. The first-order valence-corrected chi connectivity index (χ1v) is 5.65. The molecule has 0 aliphatic rings. The highest BCUT2D eigenvalue weighted by molar-refractivity contribution is 5.91. The minimum atomic E-state index is 0.371. The van der Waals surface area contributed by atoms with E-state index < -0.39 is 0 Å². The third-order valence-electron chi connectivity index (χ3n) is 2.64. The fourth-order valence-corrected chi connectivity index (χ4v) is 1.78. The average molecular weight is 231 g/mol. The molecule has 0 atom stereocenters. The summed E-state index contributed by atoms with van der Waals surface area (Å²) in [6, 6.07) is 3.98. The summed E-state index contributed by atoms with van der Waals surface area (Å²) in [6.45, 7) is 4.22. The van der Waals surface area contributed by atoms with Gasteiger partial charge in [-0.3, -0.25) is 4.99 Å². The molecular weight excluding hydrogens is 214 g/mol. The van der Waals surface area contributed by atoms with Crippen molar-refractivity contribution in [1.82, 2.24) is 9.97 Å². The van der Waals surface area contributed by atoms with Crippen molar-refractivity contribution in [1.29, 1.82) is 0 Å². The Hall–Kier alpha value is -1.84. The lowest BCUT2D eigenvalue weighted by Gasteiger charge is -2.01. The second kappa shape index (κ2) is 4.57. The van der Waals surface area contributed by atoms with E-state index in [0.717, 1.165) is 28.2 Å². The summed E-state index contributed by atoms with van der Waals surface area (Å²) in [5, 5.41) is 0. The van der Waals surface area contributed by atoms with Gasteiger partial charge in [-0.05, 0) is 17.7 Å². The number of hydrogen-bond acceptors (Lipinski definition) is 3. The molecule has 1 N–H and O–H groups in total. The van der Waals surface area contributed by atoms with E-state index in [4.69, 9.17) is 4.74 Å². The van der Waals surface area contributed by atoms with Gasteiger partial charge in [0.25, 0.3) is 0 Å². The lowest BCUT2D eigenvalue weighted by molar-refractivity contribution is 0.419. The average Bonchev–Trinajstić information content (AvgIpc) is 2.72. The van der Waals surface area contributed by atoms with Gasteiger partial charge in [-0.2, -0.15) is 0 Å². The zero-order valence-corrected chi connectivity index (χ0v) is 10.6. The number of nitrogens with zero attached hydrogens (tertiary/aromatic N) is 2. The predicted molar refractivity (Wildman–Crippen MR) is 70.3 cm³/mol. The maximum absolute atomic E-state index is 5.36. The number of aromatic amines is 1. The summed E-state index contributed by atoms with van der Waals surface area (Å²) in [4.78, 5) is 11.9. The Bertz CT molecular complexity index is 555. The van der Waals surface area contributed by atoms with Crippen LogP contribution in [-0.4, -0.2) is 30.3 Å².